The van der Waals surface area contributed by atoms with Crippen LogP contribution in [0.25, 0.3) is 0 Å². The Morgan fingerprint density at radius 3 is 2.80 bits per heavy atom. The van der Waals surface area contributed by atoms with E-state index >= 15 is 0 Å². The van der Waals surface area contributed by atoms with Gasteiger partial charge in [-0.2, -0.15) is 0 Å². The van der Waals surface area contributed by atoms with Crippen LogP contribution in [0.3, 0.4) is 0 Å². The van der Waals surface area contributed by atoms with Crippen molar-refractivity contribution in [3.8, 4) is 0 Å². The molecule has 0 aliphatic carbocycles. The Balaban J connectivity index is 2.68. The van der Waals surface area contributed by atoms with Crippen molar-refractivity contribution >= 4 is 22.4 Å². The second-order valence-electron chi connectivity index (χ2n) is 3.55. The van der Waals surface area contributed by atoms with Gasteiger partial charge in [0.15, 0.2) is 5.13 Å². The molecule has 1 heterocycles. The number of hydrogen-bond acceptors (Lipinski definition) is 4. The standard InChI is InChI=1S/C10H16N2O2S/c1-4-12(5-7(2)9(13)14)10-11-8(3)6-15-10/h6-7H,4-5H2,1-3H3,(H,13,14). The van der Waals surface area contributed by atoms with Crippen LogP contribution < -0.4 is 4.90 Å². The average molecular weight is 228 g/mol. The van der Waals surface area contributed by atoms with Crippen LogP contribution in [0.2, 0.25) is 0 Å². The largest absolute Gasteiger partial charge is 0.481 e. The third-order valence-electron chi connectivity index (χ3n) is 2.17. The number of nitrogens with zero attached hydrogens (tertiary/aromatic N) is 2. The second-order valence-corrected chi connectivity index (χ2v) is 4.39. The number of carboxylic acids is 1. The SMILES string of the molecule is CCN(CC(C)C(=O)O)c1nc(C)cs1. The summed E-state index contributed by atoms with van der Waals surface area (Å²) in [5.74, 6) is -1.13. The van der Waals surface area contributed by atoms with E-state index in [2.05, 4.69) is 4.98 Å². The molecule has 1 unspecified atom stereocenters. The Kier molecular flexibility index (Phi) is 4.08. The molecule has 0 spiro atoms. The minimum absolute atomic E-state index is 0.367. The first kappa shape index (κ1) is 12.0. The first-order valence-corrected chi connectivity index (χ1v) is 5.82. The van der Waals surface area contributed by atoms with Gasteiger partial charge in [0.1, 0.15) is 0 Å². The fraction of sp³-hybridized carbons (Fsp3) is 0.600. The Bertz CT molecular complexity index is 338. The molecular weight excluding hydrogens is 212 g/mol. The zero-order valence-corrected chi connectivity index (χ0v) is 10.0. The number of thiazole rings is 1. The maximum Gasteiger partial charge on any atom is 0.308 e. The lowest BCUT2D eigenvalue weighted by atomic mass is 10.2. The van der Waals surface area contributed by atoms with Gasteiger partial charge in [-0.05, 0) is 13.8 Å². The zero-order chi connectivity index (χ0) is 11.4. The number of aryl methyl sites for hydroxylation is 1. The van der Waals surface area contributed by atoms with E-state index in [1.165, 1.54) is 0 Å². The van der Waals surface area contributed by atoms with Crippen molar-refractivity contribution in [1.29, 1.82) is 0 Å². The summed E-state index contributed by atoms with van der Waals surface area (Å²) in [4.78, 5) is 17.1. The van der Waals surface area contributed by atoms with Crippen molar-refractivity contribution in [3.05, 3.63) is 11.1 Å². The van der Waals surface area contributed by atoms with Gasteiger partial charge in [-0.25, -0.2) is 4.98 Å². The summed E-state index contributed by atoms with van der Waals surface area (Å²) in [6, 6.07) is 0. The van der Waals surface area contributed by atoms with Gasteiger partial charge in [0.05, 0.1) is 11.6 Å². The lowest BCUT2D eigenvalue weighted by Gasteiger charge is -2.21. The fourth-order valence-electron chi connectivity index (χ4n) is 1.24. The Labute approximate surface area is 93.6 Å². The van der Waals surface area contributed by atoms with Gasteiger partial charge in [0.2, 0.25) is 0 Å². The number of aliphatic carboxylic acids is 1. The summed E-state index contributed by atoms with van der Waals surface area (Å²) in [7, 11) is 0. The van der Waals surface area contributed by atoms with E-state index in [0.717, 1.165) is 17.4 Å². The van der Waals surface area contributed by atoms with Crippen molar-refractivity contribution in [2.75, 3.05) is 18.0 Å². The highest BCUT2D eigenvalue weighted by Gasteiger charge is 2.17. The molecule has 1 rings (SSSR count). The molecule has 0 saturated heterocycles. The quantitative estimate of drug-likeness (QED) is 0.837. The van der Waals surface area contributed by atoms with E-state index in [0.29, 0.717) is 6.54 Å². The highest BCUT2D eigenvalue weighted by Crippen LogP contribution is 2.20. The van der Waals surface area contributed by atoms with Crippen molar-refractivity contribution < 1.29 is 9.90 Å². The molecule has 84 valence electrons. The van der Waals surface area contributed by atoms with Crippen molar-refractivity contribution in [1.82, 2.24) is 4.98 Å². The van der Waals surface area contributed by atoms with E-state index in [4.69, 9.17) is 5.11 Å². The van der Waals surface area contributed by atoms with Crippen molar-refractivity contribution in [2.24, 2.45) is 5.92 Å². The summed E-state index contributed by atoms with van der Waals surface area (Å²) >= 11 is 1.56. The van der Waals surface area contributed by atoms with Crippen molar-refractivity contribution in [3.63, 3.8) is 0 Å². The maximum atomic E-state index is 10.7. The molecule has 4 nitrogen and oxygen atoms in total. The molecule has 0 bridgehead atoms. The van der Waals surface area contributed by atoms with Crippen LogP contribution in [0.1, 0.15) is 19.5 Å². The van der Waals surface area contributed by atoms with E-state index < -0.39 is 5.97 Å². The predicted octanol–water partition coefficient (Wildman–Crippen LogP) is 2.00. The average Bonchev–Trinajstić information content (AvgIpc) is 2.60. The molecule has 5 heteroatoms. The topological polar surface area (TPSA) is 53.4 Å². The van der Waals surface area contributed by atoms with E-state index in [1.807, 2.05) is 24.1 Å². The number of hydrogen-bond donors (Lipinski definition) is 1. The molecule has 0 aromatic carbocycles. The van der Waals surface area contributed by atoms with Gasteiger partial charge in [0.25, 0.3) is 0 Å². The molecule has 0 aliphatic rings. The van der Waals surface area contributed by atoms with E-state index in [-0.39, 0.29) is 5.92 Å². The number of rotatable bonds is 5. The Hall–Kier alpha value is -1.10. The first-order chi connectivity index (χ1) is 7.04. The summed E-state index contributed by atoms with van der Waals surface area (Å²) in [6.07, 6.45) is 0. The van der Waals surface area contributed by atoms with Gasteiger partial charge in [-0.15, -0.1) is 11.3 Å². The van der Waals surface area contributed by atoms with E-state index in [9.17, 15) is 4.79 Å². The second kappa shape index (κ2) is 5.11. The highest BCUT2D eigenvalue weighted by molar-refractivity contribution is 7.13. The smallest absolute Gasteiger partial charge is 0.308 e. The third kappa shape index (κ3) is 3.20. The van der Waals surface area contributed by atoms with Crippen LogP contribution in [0.15, 0.2) is 5.38 Å². The number of anilines is 1. The molecule has 0 saturated carbocycles. The minimum atomic E-state index is -0.762. The third-order valence-corrected chi connectivity index (χ3v) is 3.19. The molecule has 1 aromatic rings. The molecule has 1 aromatic heterocycles. The first-order valence-electron chi connectivity index (χ1n) is 4.94. The van der Waals surface area contributed by atoms with Gasteiger partial charge in [-0.1, -0.05) is 6.92 Å². The molecular formula is C10H16N2O2S. The molecule has 0 amide bonds. The van der Waals surface area contributed by atoms with Gasteiger partial charge < -0.3 is 10.0 Å². The molecule has 15 heavy (non-hydrogen) atoms. The molecule has 1 N–H and O–H groups in total. The monoisotopic (exact) mass is 228 g/mol. The van der Waals surface area contributed by atoms with Gasteiger partial charge >= 0.3 is 5.97 Å². The van der Waals surface area contributed by atoms with Crippen molar-refractivity contribution in [2.45, 2.75) is 20.8 Å². The summed E-state index contributed by atoms with van der Waals surface area (Å²) < 4.78 is 0. The van der Waals surface area contributed by atoms with Crippen LogP contribution >= 0.6 is 11.3 Å². The van der Waals surface area contributed by atoms with Crippen LogP contribution in [0, 0.1) is 12.8 Å². The molecule has 0 aliphatic heterocycles. The molecule has 0 fully saturated rings. The number of carboxylic acid groups (broad SMARTS) is 1. The van der Waals surface area contributed by atoms with Gasteiger partial charge in [0, 0.05) is 18.5 Å². The lowest BCUT2D eigenvalue weighted by molar-refractivity contribution is -0.140. The Morgan fingerprint density at radius 1 is 1.73 bits per heavy atom. The summed E-state index contributed by atoms with van der Waals surface area (Å²) in [5, 5.41) is 11.7. The maximum absolute atomic E-state index is 10.7. The van der Waals surface area contributed by atoms with Gasteiger partial charge in [-0.3, -0.25) is 4.79 Å². The highest BCUT2D eigenvalue weighted by atomic mass is 32.1. The van der Waals surface area contributed by atoms with E-state index in [1.54, 1.807) is 18.3 Å². The zero-order valence-electron chi connectivity index (χ0n) is 9.23. The van der Waals surface area contributed by atoms with Crippen LogP contribution in [-0.4, -0.2) is 29.1 Å². The lowest BCUT2D eigenvalue weighted by Crippen LogP contribution is -2.31. The van der Waals surface area contributed by atoms with Crippen LogP contribution in [0.4, 0.5) is 5.13 Å². The number of aromatic nitrogens is 1. The molecule has 1 atom stereocenters. The predicted molar refractivity (Wildman–Crippen MR) is 61.5 cm³/mol. The Morgan fingerprint density at radius 2 is 2.40 bits per heavy atom. The number of carbonyl (C=O) groups is 1. The van der Waals surface area contributed by atoms with Crippen LogP contribution in [-0.2, 0) is 4.79 Å². The van der Waals surface area contributed by atoms with Crippen LogP contribution in [0.5, 0.6) is 0 Å². The summed E-state index contributed by atoms with van der Waals surface area (Å²) in [5.41, 5.74) is 0.983. The normalized spacial score (nSPS) is 12.5. The fourth-order valence-corrected chi connectivity index (χ4v) is 2.12. The summed E-state index contributed by atoms with van der Waals surface area (Å²) in [6.45, 7) is 6.95. The minimum Gasteiger partial charge on any atom is -0.481 e. The molecule has 0 radical (unpaired) electrons.